The highest BCUT2D eigenvalue weighted by molar-refractivity contribution is 6.38. The van der Waals surface area contributed by atoms with Crippen LogP contribution in [0.25, 0.3) is 54.9 Å². The SMILES string of the molecule is Cc1c(C)c(N2C(=O)c3cccc4c(-c5ccc(-c6c(Cc7ccccc7)cc7c8c(cccc68)C(=O)N(c6c(C)c(C)c(C8=CC=CC8)c(C)c6C)C7=O)cc5)c(Cc5ccccc5)cc(c34)C2=O)c(C)c(C)c1C1=CC=CC1. The Morgan fingerprint density at radius 3 is 1.05 bits per heavy atom. The molecule has 0 N–H and O–H groups in total. The van der Waals surface area contributed by atoms with Crippen molar-refractivity contribution >= 4 is 67.7 Å². The van der Waals surface area contributed by atoms with Gasteiger partial charge in [0.25, 0.3) is 23.6 Å². The van der Waals surface area contributed by atoms with Crippen LogP contribution in [-0.2, 0) is 12.8 Å². The molecule has 0 saturated carbocycles. The molecule has 2 aliphatic carbocycles. The molecule has 2 heterocycles. The molecule has 2 aliphatic heterocycles. The largest absolute Gasteiger partial charge is 0.268 e. The van der Waals surface area contributed by atoms with Crippen LogP contribution >= 0.6 is 0 Å². The molecule has 9 aromatic carbocycles. The van der Waals surface area contributed by atoms with Crippen LogP contribution in [0.5, 0.6) is 0 Å². The average molecular weight is 1040 g/mol. The van der Waals surface area contributed by atoms with Gasteiger partial charge in [0.1, 0.15) is 0 Å². The minimum Gasteiger partial charge on any atom is -0.268 e. The summed E-state index contributed by atoms with van der Waals surface area (Å²) in [7, 11) is 0. The number of benzene rings is 9. The van der Waals surface area contributed by atoms with Crippen LogP contribution in [-0.4, -0.2) is 23.6 Å². The van der Waals surface area contributed by atoms with Crippen LogP contribution in [0.4, 0.5) is 11.4 Å². The third-order valence-corrected chi connectivity index (χ3v) is 18.0. The molecule has 4 aliphatic rings. The van der Waals surface area contributed by atoms with Crippen LogP contribution in [0.15, 0.2) is 170 Å². The van der Waals surface area contributed by atoms with Gasteiger partial charge < -0.3 is 0 Å². The van der Waals surface area contributed by atoms with Crippen molar-refractivity contribution in [2.24, 2.45) is 0 Å². The molecule has 0 bridgehead atoms. The van der Waals surface area contributed by atoms with Crippen molar-refractivity contribution in [1.82, 2.24) is 0 Å². The second-order valence-corrected chi connectivity index (χ2v) is 22.3. The summed E-state index contributed by atoms with van der Waals surface area (Å²) < 4.78 is 0. The number of imide groups is 2. The maximum atomic E-state index is 15.4. The molecule has 13 rings (SSSR count). The lowest BCUT2D eigenvalue weighted by Crippen LogP contribution is -2.41. The van der Waals surface area contributed by atoms with E-state index in [0.717, 1.165) is 113 Å². The molecule has 80 heavy (non-hydrogen) atoms. The topological polar surface area (TPSA) is 74.8 Å². The molecule has 4 amide bonds. The normalized spacial score (nSPS) is 14.6. The van der Waals surface area contributed by atoms with Crippen LogP contribution in [0.1, 0.15) is 132 Å². The van der Waals surface area contributed by atoms with Crippen molar-refractivity contribution in [3.05, 3.63) is 270 Å². The number of amides is 4. The summed E-state index contributed by atoms with van der Waals surface area (Å²) in [6, 6.07) is 44.9. The fourth-order valence-corrected chi connectivity index (χ4v) is 13.7. The van der Waals surface area contributed by atoms with E-state index in [1.54, 1.807) is 0 Å². The quantitative estimate of drug-likeness (QED) is 0.128. The van der Waals surface area contributed by atoms with E-state index in [1.807, 2.05) is 113 Å². The second-order valence-electron chi connectivity index (χ2n) is 22.3. The van der Waals surface area contributed by atoms with E-state index in [4.69, 9.17) is 0 Å². The number of nitrogens with zero attached hydrogens (tertiary/aromatic N) is 2. The van der Waals surface area contributed by atoms with Crippen molar-refractivity contribution in [3.63, 3.8) is 0 Å². The van der Waals surface area contributed by atoms with E-state index in [9.17, 15) is 0 Å². The zero-order chi connectivity index (χ0) is 55.4. The van der Waals surface area contributed by atoms with Gasteiger partial charge in [0.05, 0.1) is 11.4 Å². The third-order valence-electron chi connectivity index (χ3n) is 18.0. The highest BCUT2D eigenvalue weighted by Crippen LogP contribution is 2.48. The number of carbonyl (C=O) groups is 4. The minimum absolute atomic E-state index is 0.327. The monoisotopic (exact) mass is 1040 g/mol. The van der Waals surface area contributed by atoms with E-state index in [0.29, 0.717) is 57.2 Å². The molecule has 6 nitrogen and oxygen atoms in total. The molecule has 0 fully saturated rings. The van der Waals surface area contributed by atoms with E-state index >= 15 is 19.2 Å². The molecular weight excluding hydrogens is 981 g/mol. The molecular formula is C74H60N2O4. The van der Waals surface area contributed by atoms with Gasteiger partial charge in [0.15, 0.2) is 0 Å². The van der Waals surface area contributed by atoms with Gasteiger partial charge in [-0.2, -0.15) is 0 Å². The van der Waals surface area contributed by atoms with Crippen LogP contribution in [0.2, 0.25) is 0 Å². The van der Waals surface area contributed by atoms with E-state index in [2.05, 4.69) is 113 Å². The van der Waals surface area contributed by atoms with Gasteiger partial charge in [-0.1, -0.05) is 146 Å². The molecule has 0 spiro atoms. The van der Waals surface area contributed by atoms with E-state index in [-0.39, 0.29) is 23.6 Å². The average Bonchev–Trinajstić information content (AvgIpc) is 4.24. The summed E-state index contributed by atoms with van der Waals surface area (Å²) in [6.45, 7) is 16.5. The maximum absolute atomic E-state index is 15.4. The van der Waals surface area contributed by atoms with Crippen molar-refractivity contribution < 1.29 is 19.2 Å². The lowest BCUT2D eigenvalue weighted by Gasteiger charge is -2.33. The van der Waals surface area contributed by atoms with Crippen LogP contribution < -0.4 is 9.80 Å². The molecule has 9 aromatic rings. The molecule has 0 radical (unpaired) electrons. The Morgan fingerprint density at radius 2 is 0.713 bits per heavy atom. The van der Waals surface area contributed by atoms with Gasteiger partial charge >= 0.3 is 0 Å². The molecule has 0 saturated heterocycles. The summed E-state index contributed by atoms with van der Waals surface area (Å²) in [4.78, 5) is 63.9. The van der Waals surface area contributed by atoms with Crippen molar-refractivity contribution in [1.29, 1.82) is 0 Å². The molecule has 390 valence electrons. The number of rotatable bonds is 10. The predicted molar refractivity (Wildman–Crippen MR) is 327 cm³/mol. The minimum atomic E-state index is -0.332. The number of allylic oxidation sites excluding steroid dienone is 8. The smallest absolute Gasteiger partial charge is 0.266 e. The fraction of sp³-hybridized carbons (Fsp3) is 0.162. The Morgan fingerprint density at radius 1 is 0.362 bits per heavy atom. The summed E-state index contributed by atoms with van der Waals surface area (Å²) in [5.41, 5.74) is 24.0. The molecule has 6 heteroatoms. The predicted octanol–water partition coefficient (Wildman–Crippen LogP) is 17.3. The first-order valence-electron chi connectivity index (χ1n) is 27.8. The first-order valence-corrected chi connectivity index (χ1v) is 27.8. The van der Waals surface area contributed by atoms with Gasteiger partial charge in [0.2, 0.25) is 0 Å². The Balaban J connectivity index is 0.954. The number of hydrogen-bond donors (Lipinski definition) is 0. The lowest BCUT2D eigenvalue weighted by atomic mass is 9.81. The fourth-order valence-electron chi connectivity index (χ4n) is 13.7. The van der Waals surface area contributed by atoms with Gasteiger partial charge in [-0.3, -0.25) is 19.2 Å². The first kappa shape index (κ1) is 50.3. The molecule has 0 aromatic heterocycles. The van der Waals surface area contributed by atoms with Gasteiger partial charge in [-0.25, -0.2) is 9.80 Å². The van der Waals surface area contributed by atoms with E-state index < -0.39 is 0 Å². The van der Waals surface area contributed by atoms with Crippen molar-refractivity contribution in [2.75, 3.05) is 9.80 Å². The number of anilines is 2. The van der Waals surface area contributed by atoms with Gasteiger partial charge in [-0.05, 0) is 227 Å². The Hall–Kier alpha value is -9.26. The molecule has 0 atom stereocenters. The standard InChI is InChI=1S/C74H60N2O4/c1-41-45(5)69(46(6)42(2)63(41)51-25-15-16-26-51)75-71(77)59-31-19-29-57-65(55(37-49-21-11-9-12-22-49)39-61(67(57)59)73(75)79)53-33-35-54(36-34-53)66-56(38-50-23-13-10-14-24-50)40-62-68-58(66)30-20-32-60(68)72(78)76(74(62)80)70-47(7)43(3)64(44(4)48(70)8)52-27-17-18-28-52/h9-25,27,29-36,39-40H,26,28,37-38H2,1-8H3. The number of carbonyl (C=O) groups excluding carboxylic acids is 4. The highest BCUT2D eigenvalue weighted by atomic mass is 16.2. The summed E-state index contributed by atoms with van der Waals surface area (Å²) in [5.74, 6) is -1.32. The zero-order valence-electron chi connectivity index (χ0n) is 46.5. The van der Waals surface area contributed by atoms with Gasteiger partial charge in [-0.15, -0.1) is 0 Å². The Kier molecular flexibility index (Phi) is 12.1. The second kappa shape index (κ2) is 19.3. The number of hydrogen-bond acceptors (Lipinski definition) is 4. The zero-order valence-corrected chi connectivity index (χ0v) is 46.5. The van der Waals surface area contributed by atoms with Crippen LogP contribution in [0, 0.1) is 55.4 Å². The summed E-state index contributed by atoms with van der Waals surface area (Å²) in [5, 5.41) is 2.99. The van der Waals surface area contributed by atoms with Crippen molar-refractivity contribution in [3.8, 4) is 22.3 Å². The maximum Gasteiger partial charge on any atom is 0.266 e. The summed E-state index contributed by atoms with van der Waals surface area (Å²) in [6.07, 6.45) is 15.6. The lowest BCUT2D eigenvalue weighted by molar-refractivity contribution is 0.0877. The van der Waals surface area contributed by atoms with Crippen molar-refractivity contribution in [2.45, 2.75) is 81.1 Å². The first-order chi connectivity index (χ1) is 38.7. The third kappa shape index (κ3) is 7.67. The summed E-state index contributed by atoms with van der Waals surface area (Å²) >= 11 is 0. The van der Waals surface area contributed by atoms with Crippen LogP contribution in [0.3, 0.4) is 0 Å². The molecule has 0 unspecified atom stereocenters. The Labute approximate surface area is 467 Å². The Bertz CT molecular complexity index is 4040. The van der Waals surface area contributed by atoms with E-state index in [1.165, 1.54) is 32.1 Å². The highest BCUT2D eigenvalue weighted by Gasteiger charge is 2.40. The van der Waals surface area contributed by atoms with Gasteiger partial charge in [0, 0.05) is 33.0 Å².